The lowest BCUT2D eigenvalue weighted by Gasteiger charge is -2.37. The summed E-state index contributed by atoms with van der Waals surface area (Å²) in [7, 11) is 1.81. The number of nitrogens with zero attached hydrogens (tertiary/aromatic N) is 2. The predicted molar refractivity (Wildman–Crippen MR) is 118 cm³/mol. The Bertz CT molecular complexity index is 1030. The van der Waals surface area contributed by atoms with Crippen molar-refractivity contribution in [2.45, 2.75) is 56.8 Å². The van der Waals surface area contributed by atoms with E-state index in [9.17, 15) is 18.0 Å². The van der Waals surface area contributed by atoms with Crippen LogP contribution in [0.25, 0.3) is 10.9 Å². The summed E-state index contributed by atoms with van der Waals surface area (Å²) in [5.74, 6) is 0.196. The average molecular weight is 468 g/mol. The van der Waals surface area contributed by atoms with Crippen LogP contribution in [0.1, 0.15) is 44.2 Å². The number of ether oxygens (including phenoxy) is 1. The van der Waals surface area contributed by atoms with Crippen molar-refractivity contribution in [2.24, 2.45) is 0 Å². The number of fused-ring (bicyclic) bond motifs is 1. The van der Waals surface area contributed by atoms with E-state index in [-0.39, 0.29) is 23.5 Å². The second-order valence-electron chi connectivity index (χ2n) is 8.33. The van der Waals surface area contributed by atoms with E-state index in [0.29, 0.717) is 28.5 Å². The molecule has 2 heterocycles. The minimum absolute atomic E-state index is 0.0212. The van der Waals surface area contributed by atoms with Gasteiger partial charge in [0.15, 0.2) is 5.76 Å². The summed E-state index contributed by atoms with van der Waals surface area (Å²) in [6.07, 6.45) is 1.99. The fourth-order valence-electron chi connectivity index (χ4n) is 4.39. The Labute approximate surface area is 189 Å². The van der Waals surface area contributed by atoms with E-state index < -0.39 is 11.9 Å². The molecule has 1 N–H and O–H groups in total. The molecule has 0 bridgehead atoms. The SMILES string of the molecule is CN(c1cc(C(F)(F)F)nc2ccc(Cl)cc12)[C@H]1CC[C@@H](NC(=O)C2=CCCCO2)CC1. The van der Waals surface area contributed by atoms with Crippen LogP contribution in [0.3, 0.4) is 0 Å². The molecular formula is C23H25ClF3N3O2. The molecule has 1 aliphatic carbocycles. The van der Waals surface area contributed by atoms with Gasteiger partial charge >= 0.3 is 6.18 Å². The number of aromatic nitrogens is 1. The maximum absolute atomic E-state index is 13.4. The molecule has 1 saturated carbocycles. The molecule has 1 amide bonds. The van der Waals surface area contributed by atoms with Crippen molar-refractivity contribution in [1.82, 2.24) is 10.3 Å². The van der Waals surface area contributed by atoms with Crippen molar-refractivity contribution in [1.29, 1.82) is 0 Å². The molecule has 0 radical (unpaired) electrons. The monoisotopic (exact) mass is 467 g/mol. The molecule has 9 heteroatoms. The molecule has 5 nitrogen and oxygen atoms in total. The van der Waals surface area contributed by atoms with Gasteiger partial charge in [-0.15, -0.1) is 0 Å². The molecule has 32 heavy (non-hydrogen) atoms. The number of alkyl halides is 3. The zero-order valence-corrected chi connectivity index (χ0v) is 18.5. The maximum atomic E-state index is 13.4. The van der Waals surface area contributed by atoms with E-state index in [2.05, 4.69) is 10.3 Å². The molecule has 172 valence electrons. The van der Waals surface area contributed by atoms with Gasteiger partial charge in [0, 0.05) is 35.2 Å². The summed E-state index contributed by atoms with van der Waals surface area (Å²) in [5.41, 5.74) is -0.207. The first-order chi connectivity index (χ1) is 15.2. The maximum Gasteiger partial charge on any atom is 0.433 e. The molecule has 1 aromatic carbocycles. The van der Waals surface area contributed by atoms with Crippen molar-refractivity contribution < 1.29 is 22.7 Å². The number of amides is 1. The van der Waals surface area contributed by atoms with E-state index in [1.807, 2.05) is 11.0 Å². The summed E-state index contributed by atoms with van der Waals surface area (Å²) in [6, 6.07) is 5.87. The Hall–Kier alpha value is -2.48. The van der Waals surface area contributed by atoms with E-state index in [1.165, 1.54) is 6.07 Å². The van der Waals surface area contributed by atoms with Gasteiger partial charge < -0.3 is 15.0 Å². The number of hydrogen-bond acceptors (Lipinski definition) is 4. The summed E-state index contributed by atoms with van der Waals surface area (Å²) < 4.78 is 45.8. The summed E-state index contributed by atoms with van der Waals surface area (Å²) in [4.78, 5) is 18.1. The first-order valence-corrected chi connectivity index (χ1v) is 11.1. The number of benzene rings is 1. The van der Waals surface area contributed by atoms with E-state index in [0.717, 1.165) is 44.6 Å². The first kappa shape index (κ1) is 22.7. The second-order valence-corrected chi connectivity index (χ2v) is 8.77. The number of rotatable bonds is 4. The van der Waals surface area contributed by atoms with E-state index in [4.69, 9.17) is 16.3 Å². The minimum Gasteiger partial charge on any atom is -0.488 e. The van der Waals surface area contributed by atoms with Crippen LogP contribution in [0.5, 0.6) is 0 Å². The Morgan fingerprint density at radius 1 is 1.22 bits per heavy atom. The number of hydrogen-bond donors (Lipinski definition) is 1. The highest BCUT2D eigenvalue weighted by Gasteiger charge is 2.35. The van der Waals surface area contributed by atoms with Gasteiger partial charge in [0.1, 0.15) is 5.69 Å². The third kappa shape index (κ3) is 4.95. The van der Waals surface area contributed by atoms with Crippen LogP contribution in [0.15, 0.2) is 36.1 Å². The Kier molecular flexibility index (Phi) is 6.51. The lowest BCUT2D eigenvalue weighted by Crippen LogP contribution is -2.43. The zero-order valence-electron chi connectivity index (χ0n) is 17.7. The van der Waals surface area contributed by atoms with Gasteiger partial charge in [-0.25, -0.2) is 4.98 Å². The molecule has 2 aliphatic rings. The fourth-order valence-corrected chi connectivity index (χ4v) is 4.57. The van der Waals surface area contributed by atoms with Gasteiger partial charge in [-0.2, -0.15) is 13.2 Å². The smallest absolute Gasteiger partial charge is 0.433 e. The van der Waals surface area contributed by atoms with Crippen LogP contribution in [0.4, 0.5) is 18.9 Å². The molecule has 0 saturated heterocycles. The number of nitrogens with one attached hydrogen (secondary N) is 1. The average Bonchev–Trinajstić information content (AvgIpc) is 2.78. The van der Waals surface area contributed by atoms with E-state index >= 15 is 0 Å². The van der Waals surface area contributed by atoms with Crippen LogP contribution in [0, 0.1) is 0 Å². The van der Waals surface area contributed by atoms with Crippen LogP contribution in [-0.2, 0) is 15.7 Å². The first-order valence-electron chi connectivity index (χ1n) is 10.8. The Morgan fingerprint density at radius 2 is 1.97 bits per heavy atom. The predicted octanol–water partition coefficient (Wildman–Crippen LogP) is 5.46. The lowest BCUT2D eigenvalue weighted by atomic mass is 9.89. The number of anilines is 1. The summed E-state index contributed by atoms with van der Waals surface area (Å²) >= 11 is 6.12. The fraction of sp³-hybridized carbons (Fsp3) is 0.478. The van der Waals surface area contributed by atoms with Gasteiger partial charge in [0.25, 0.3) is 5.91 Å². The van der Waals surface area contributed by atoms with Crippen LogP contribution >= 0.6 is 11.6 Å². The number of pyridine rings is 1. The highest BCUT2D eigenvalue weighted by atomic mass is 35.5. The van der Waals surface area contributed by atoms with Gasteiger partial charge in [0.2, 0.25) is 0 Å². The van der Waals surface area contributed by atoms with Gasteiger partial charge in [0.05, 0.1) is 12.1 Å². The molecule has 0 spiro atoms. The number of allylic oxidation sites excluding steroid dienone is 1. The van der Waals surface area contributed by atoms with Crippen LogP contribution in [-0.4, -0.2) is 36.6 Å². The Morgan fingerprint density at radius 3 is 2.62 bits per heavy atom. The van der Waals surface area contributed by atoms with Crippen LogP contribution in [0.2, 0.25) is 5.02 Å². The van der Waals surface area contributed by atoms with Gasteiger partial charge in [-0.3, -0.25) is 4.79 Å². The molecule has 0 atom stereocenters. The normalized spacial score (nSPS) is 21.6. The number of carbonyl (C=O) groups excluding carboxylic acids is 1. The van der Waals surface area contributed by atoms with Gasteiger partial charge in [-0.05, 0) is 68.9 Å². The number of carbonyl (C=O) groups is 1. The second kappa shape index (κ2) is 9.17. The molecular weight excluding hydrogens is 443 g/mol. The summed E-state index contributed by atoms with van der Waals surface area (Å²) in [5, 5.41) is 4.06. The quantitative estimate of drug-likeness (QED) is 0.648. The van der Waals surface area contributed by atoms with Crippen molar-refractivity contribution in [3.8, 4) is 0 Å². The lowest BCUT2D eigenvalue weighted by molar-refractivity contribution is -0.140. The van der Waals surface area contributed by atoms with E-state index in [1.54, 1.807) is 19.2 Å². The summed E-state index contributed by atoms with van der Waals surface area (Å²) in [6.45, 7) is 0.556. The highest BCUT2D eigenvalue weighted by molar-refractivity contribution is 6.31. The molecule has 1 aliphatic heterocycles. The largest absolute Gasteiger partial charge is 0.488 e. The molecule has 1 fully saturated rings. The molecule has 4 rings (SSSR count). The molecule has 0 unspecified atom stereocenters. The van der Waals surface area contributed by atoms with Crippen molar-refractivity contribution >= 4 is 34.1 Å². The van der Waals surface area contributed by atoms with Crippen molar-refractivity contribution in [2.75, 3.05) is 18.6 Å². The molecule has 2 aromatic rings. The van der Waals surface area contributed by atoms with Crippen LogP contribution < -0.4 is 10.2 Å². The third-order valence-corrected chi connectivity index (χ3v) is 6.39. The zero-order chi connectivity index (χ0) is 22.9. The Balaban J connectivity index is 1.49. The third-order valence-electron chi connectivity index (χ3n) is 6.16. The standard InChI is InChI=1S/C23H25ClF3N3O2/c1-30(16-8-6-15(7-9-16)28-22(31)20-4-2-3-11-32-20)19-13-21(23(25,26)27)29-18-10-5-14(24)12-17(18)19/h4-5,10,12-13,15-16H,2-3,6-9,11H2,1H3,(H,28,31)/t15-,16+. The molecule has 1 aromatic heterocycles. The van der Waals surface area contributed by atoms with Crippen molar-refractivity contribution in [3.05, 3.63) is 46.8 Å². The topological polar surface area (TPSA) is 54.5 Å². The highest BCUT2D eigenvalue weighted by Crippen LogP contribution is 2.37. The number of halogens is 4. The minimum atomic E-state index is -4.54. The van der Waals surface area contributed by atoms with Crippen molar-refractivity contribution in [3.63, 3.8) is 0 Å². The van der Waals surface area contributed by atoms with Gasteiger partial charge in [-0.1, -0.05) is 11.6 Å².